The standard InChI is InChI=1S/C13H12F2N2O2S/c1-8-2-4-10(16)7-12(8)17-20(18,19)13-5-3-9(14)6-11(13)15/h2-7,17H,16H2,1H3. The minimum Gasteiger partial charge on any atom is -0.399 e. The van der Waals surface area contributed by atoms with Gasteiger partial charge in [0.1, 0.15) is 16.5 Å². The third kappa shape index (κ3) is 2.88. The van der Waals surface area contributed by atoms with E-state index in [1.54, 1.807) is 19.1 Å². The van der Waals surface area contributed by atoms with Crippen LogP contribution >= 0.6 is 0 Å². The molecule has 0 unspecified atom stereocenters. The molecule has 4 nitrogen and oxygen atoms in total. The van der Waals surface area contributed by atoms with Crippen LogP contribution in [0.15, 0.2) is 41.3 Å². The second-order valence-corrected chi connectivity index (χ2v) is 5.91. The maximum absolute atomic E-state index is 13.5. The lowest BCUT2D eigenvalue weighted by atomic mass is 10.2. The summed E-state index contributed by atoms with van der Waals surface area (Å²) in [5.41, 5.74) is 6.82. The van der Waals surface area contributed by atoms with Crippen molar-refractivity contribution in [3.63, 3.8) is 0 Å². The lowest BCUT2D eigenvalue weighted by Gasteiger charge is -2.11. The summed E-state index contributed by atoms with van der Waals surface area (Å²) < 4.78 is 52.8. The number of sulfonamides is 1. The number of nitrogens with two attached hydrogens (primary N) is 1. The number of aryl methyl sites for hydroxylation is 1. The van der Waals surface area contributed by atoms with Gasteiger partial charge in [-0.2, -0.15) is 0 Å². The van der Waals surface area contributed by atoms with Crippen molar-refractivity contribution in [2.45, 2.75) is 11.8 Å². The van der Waals surface area contributed by atoms with E-state index in [1.165, 1.54) is 6.07 Å². The number of halogens is 2. The van der Waals surface area contributed by atoms with Crippen LogP contribution in [0.4, 0.5) is 20.2 Å². The van der Waals surface area contributed by atoms with Crippen molar-refractivity contribution < 1.29 is 17.2 Å². The van der Waals surface area contributed by atoms with E-state index < -0.39 is 26.6 Å². The van der Waals surface area contributed by atoms with Gasteiger partial charge in [0, 0.05) is 11.8 Å². The summed E-state index contributed by atoms with van der Waals surface area (Å²) in [7, 11) is -4.15. The average Bonchev–Trinajstić information content (AvgIpc) is 2.33. The van der Waals surface area contributed by atoms with Gasteiger partial charge in [0.15, 0.2) is 0 Å². The molecule has 0 fully saturated rings. The maximum atomic E-state index is 13.5. The van der Waals surface area contributed by atoms with Crippen molar-refractivity contribution in [2.75, 3.05) is 10.5 Å². The molecule has 0 spiro atoms. The van der Waals surface area contributed by atoms with Crippen LogP contribution in [0.2, 0.25) is 0 Å². The van der Waals surface area contributed by atoms with Crippen molar-refractivity contribution in [2.24, 2.45) is 0 Å². The predicted octanol–water partition coefficient (Wildman–Crippen LogP) is 2.66. The molecule has 0 bridgehead atoms. The van der Waals surface area contributed by atoms with Crippen molar-refractivity contribution in [1.82, 2.24) is 0 Å². The van der Waals surface area contributed by atoms with Gasteiger partial charge in [-0.15, -0.1) is 0 Å². The highest BCUT2D eigenvalue weighted by atomic mass is 32.2. The van der Waals surface area contributed by atoms with Gasteiger partial charge in [-0.3, -0.25) is 4.72 Å². The highest BCUT2D eigenvalue weighted by Crippen LogP contribution is 2.23. The molecular formula is C13H12F2N2O2S. The van der Waals surface area contributed by atoms with E-state index in [0.29, 0.717) is 17.3 Å². The van der Waals surface area contributed by atoms with Crippen LogP contribution in [0.3, 0.4) is 0 Å². The van der Waals surface area contributed by atoms with Gasteiger partial charge in [-0.05, 0) is 36.8 Å². The van der Waals surface area contributed by atoms with E-state index >= 15 is 0 Å². The molecule has 0 aromatic heterocycles. The Kier molecular flexibility index (Phi) is 3.63. The Morgan fingerprint density at radius 2 is 1.80 bits per heavy atom. The van der Waals surface area contributed by atoms with E-state index in [-0.39, 0.29) is 5.69 Å². The maximum Gasteiger partial charge on any atom is 0.264 e. The highest BCUT2D eigenvalue weighted by Gasteiger charge is 2.20. The molecule has 7 heteroatoms. The lowest BCUT2D eigenvalue weighted by molar-refractivity contribution is 0.551. The Balaban J connectivity index is 2.43. The molecule has 2 aromatic carbocycles. The average molecular weight is 298 g/mol. The van der Waals surface area contributed by atoms with Crippen molar-refractivity contribution in [1.29, 1.82) is 0 Å². The molecule has 0 aliphatic rings. The number of hydrogen-bond acceptors (Lipinski definition) is 3. The van der Waals surface area contributed by atoms with Gasteiger partial charge in [0.25, 0.3) is 10.0 Å². The van der Waals surface area contributed by atoms with Gasteiger partial charge < -0.3 is 5.73 Å². The Morgan fingerprint density at radius 1 is 1.10 bits per heavy atom. The van der Waals surface area contributed by atoms with E-state index in [4.69, 9.17) is 5.73 Å². The van der Waals surface area contributed by atoms with Gasteiger partial charge in [-0.1, -0.05) is 6.07 Å². The number of nitrogens with one attached hydrogen (secondary N) is 1. The third-order valence-electron chi connectivity index (χ3n) is 2.69. The van der Waals surface area contributed by atoms with Crippen LogP contribution in [-0.2, 0) is 10.0 Å². The minimum absolute atomic E-state index is 0.244. The number of nitrogen functional groups attached to an aromatic ring is 1. The molecular weight excluding hydrogens is 286 g/mol. The molecule has 2 rings (SSSR count). The van der Waals surface area contributed by atoms with Crippen molar-refractivity contribution in [3.8, 4) is 0 Å². The lowest BCUT2D eigenvalue weighted by Crippen LogP contribution is -2.15. The first-order valence-corrected chi connectivity index (χ1v) is 7.12. The van der Waals surface area contributed by atoms with Gasteiger partial charge in [0.05, 0.1) is 5.69 Å². The zero-order valence-electron chi connectivity index (χ0n) is 10.5. The first kappa shape index (κ1) is 14.3. The Hall–Kier alpha value is -2.15. The molecule has 0 atom stereocenters. The van der Waals surface area contributed by atoms with E-state index in [2.05, 4.69) is 4.72 Å². The summed E-state index contributed by atoms with van der Waals surface area (Å²) in [4.78, 5) is -0.624. The van der Waals surface area contributed by atoms with Gasteiger partial charge in [-0.25, -0.2) is 17.2 Å². The predicted molar refractivity (Wildman–Crippen MR) is 72.8 cm³/mol. The van der Waals surface area contributed by atoms with Crippen LogP contribution in [-0.4, -0.2) is 8.42 Å². The largest absolute Gasteiger partial charge is 0.399 e. The zero-order chi connectivity index (χ0) is 14.9. The summed E-state index contributed by atoms with van der Waals surface area (Å²) in [6.45, 7) is 1.68. The zero-order valence-corrected chi connectivity index (χ0v) is 11.3. The Labute approximate surface area is 115 Å². The highest BCUT2D eigenvalue weighted by molar-refractivity contribution is 7.92. The van der Waals surface area contributed by atoms with Crippen LogP contribution in [0, 0.1) is 18.6 Å². The van der Waals surface area contributed by atoms with Crippen LogP contribution < -0.4 is 10.5 Å². The second-order valence-electron chi connectivity index (χ2n) is 4.25. The molecule has 3 N–H and O–H groups in total. The smallest absolute Gasteiger partial charge is 0.264 e. The number of hydrogen-bond donors (Lipinski definition) is 2. The monoisotopic (exact) mass is 298 g/mol. The summed E-state index contributed by atoms with van der Waals surface area (Å²) in [5.74, 6) is -2.00. The summed E-state index contributed by atoms with van der Waals surface area (Å²) in [6.07, 6.45) is 0. The fourth-order valence-electron chi connectivity index (χ4n) is 1.64. The third-order valence-corrected chi connectivity index (χ3v) is 4.09. The molecule has 0 aliphatic carbocycles. The number of rotatable bonds is 3. The molecule has 0 saturated carbocycles. The molecule has 20 heavy (non-hydrogen) atoms. The van der Waals surface area contributed by atoms with Gasteiger partial charge in [0.2, 0.25) is 0 Å². The first-order valence-electron chi connectivity index (χ1n) is 5.63. The summed E-state index contributed by atoms with van der Waals surface area (Å²) in [6, 6.07) is 6.94. The SMILES string of the molecule is Cc1ccc(N)cc1NS(=O)(=O)c1ccc(F)cc1F. The Morgan fingerprint density at radius 3 is 2.45 bits per heavy atom. The van der Waals surface area contributed by atoms with E-state index in [0.717, 1.165) is 12.1 Å². The summed E-state index contributed by atoms with van der Waals surface area (Å²) in [5, 5.41) is 0. The molecule has 0 radical (unpaired) electrons. The molecule has 0 aliphatic heterocycles. The topological polar surface area (TPSA) is 72.2 Å². The molecule has 2 aromatic rings. The van der Waals surface area contributed by atoms with Crippen LogP contribution in [0.5, 0.6) is 0 Å². The molecule has 106 valence electrons. The van der Waals surface area contributed by atoms with Crippen LogP contribution in [0.1, 0.15) is 5.56 Å². The normalized spacial score (nSPS) is 11.3. The van der Waals surface area contributed by atoms with E-state index in [1.807, 2.05) is 0 Å². The van der Waals surface area contributed by atoms with E-state index in [9.17, 15) is 17.2 Å². The fourth-order valence-corrected chi connectivity index (χ4v) is 2.82. The number of benzene rings is 2. The summed E-state index contributed by atoms with van der Waals surface area (Å²) >= 11 is 0. The first-order chi connectivity index (χ1) is 9.29. The quantitative estimate of drug-likeness (QED) is 0.856. The van der Waals surface area contributed by atoms with Crippen LogP contribution in [0.25, 0.3) is 0 Å². The molecule has 0 heterocycles. The molecule has 0 amide bonds. The fraction of sp³-hybridized carbons (Fsp3) is 0.0769. The minimum atomic E-state index is -4.15. The van der Waals surface area contributed by atoms with Crippen molar-refractivity contribution in [3.05, 3.63) is 53.6 Å². The van der Waals surface area contributed by atoms with Gasteiger partial charge >= 0.3 is 0 Å². The van der Waals surface area contributed by atoms with Crippen molar-refractivity contribution >= 4 is 21.4 Å². The second kappa shape index (κ2) is 5.09. The molecule has 0 saturated heterocycles. The number of anilines is 2. The Bertz CT molecular complexity index is 761.